The first kappa shape index (κ1) is 27.2. The zero-order chi connectivity index (χ0) is 26.0. The number of ether oxygens (including phenoxy) is 1. The molecule has 0 aromatic heterocycles. The number of hydrogen-bond donors (Lipinski definition) is 2. The summed E-state index contributed by atoms with van der Waals surface area (Å²) in [6.07, 6.45) is 9.56. The second kappa shape index (κ2) is 9.40. The van der Waals surface area contributed by atoms with Gasteiger partial charge in [-0.15, -0.1) is 0 Å². The van der Waals surface area contributed by atoms with E-state index in [1.807, 2.05) is 0 Å². The minimum Gasteiger partial charge on any atom is -0.390 e. The predicted molar refractivity (Wildman–Crippen MR) is 134 cm³/mol. The van der Waals surface area contributed by atoms with E-state index in [1.54, 1.807) is 7.11 Å². The van der Waals surface area contributed by atoms with Gasteiger partial charge in [0.25, 0.3) is 0 Å². The fourth-order valence-corrected chi connectivity index (χ4v) is 10.4. The molecule has 5 saturated carbocycles. The van der Waals surface area contributed by atoms with Crippen LogP contribution in [-0.2, 0) is 4.74 Å². The average Bonchev–Trinajstić information content (AvgIpc) is 3.16. The van der Waals surface area contributed by atoms with Crippen LogP contribution in [0.25, 0.3) is 0 Å². The maximum atomic E-state index is 13.6. The Morgan fingerprint density at radius 3 is 2.17 bits per heavy atom. The van der Waals surface area contributed by atoms with Gasteiger partial charge in [-0.25, -0.2) is 0 Å². The smallest absolute Gasteiger partial charge is 0.390 e. The number of halogens is 3. The summed E-state index contributed by atoms with van der Waals surface area (Å²) < 4.78 is 46.3. The standard InChI is InChI=1S/C30H49F3O3/c1-26-14-12-25-23(8-6-21-19-29(35,30(31,32)33)18-17-27(21,25)2)24(26)9-7-20(26)5-4-13-28(34)15-10-22(36-3)11-16-28/h20-25,34-35H,4-19H2,1-3H3/t20-,21+,22?,23+,24+,25+,26-,27+,28?,29+/m1/s1. The molecule has 5 aliphatic rings. The van der Waals surface area contributed by atoms with Crippen molar-refractivity contribution < 1.29 is 28.1 Å². The van der Waals surface area contributed by atoms with Crippen molar-refractivity contribution in [1.82, 2.24) is 0 Å². The average molecular weight is 515 g/mol. The van der Waals surface area contributed by atoms with Crippen LogP contribution in [0.2, 0.25) is 0 Å². The maximum Gasteiger partial charge on any atom is 0.417 e. The van der Waals surface area contributed by atoms with E-state index in [9.17, 15) is 23.4 Å². The van der Waals surface area contributed by atoms with E-state index in [1.165, 1.54) is 25.7 Å². The molecule has 0 unspecified atom stereocenters. The van der Waals surface area contributed by atoms with Gasteiger partial charge in [-0.3, -0.25) is 0 Å². The van der Waals surface area contributed by atoms with Gasteiger partial charge in [0.15, 0.2) is 5.60 Å². The Balaban J connectivity index is 1.20. The quantitative estimate of drug-likeness (QED) is 0.401. The predicted octanol–water partition coefficient (Wildman–Crippen LogP) is 7.43. The Morgan fingerprint density at radius 2 is 1.50 bits per heavy atom. The molecule has 208 valence electrons. The van der Waals surface area contributed by atoms with Gasteiger partial charge in [0.2, 0.25) is 0 Å². The van der Waals surface area contributed by atoms with E-state index in [0.717, 1.165) is 57.8 Å². The third kappa shape index (κ3) is 4.47. The maximum absolute atomic E-state index is 13.6. The monoisotopic (exact) mass is 514 g/mol. The number of aliphatic hydroxyl groups is 2. The van der Waals surface area contributed by atoms with Crippen LogP contribution < -0.4 is 0 Å². The molecule has 5 fully saturated rings. The van der Waals surface area contributed by atoms with Gasteiger partial charge in [-0.05, 0) is 137 Å². The van der Waals surface area contributed by atoms with Crippen molar-refractivity contribution in [2.24, 2.45) is 40.4 Å². The minimum atomic E-state index is -4.52. The van der Waals surface area contributed by atoms with E-state index in [2.05, 4.69) is 13.8 Å². The fraction of sp³-hybridized carbons (Fsp3) is 1.00. The Bertz CT molecular complexity index is 793. The lowest BCUT2D eigenvalue weighted by molar-refractivity contribution is -0.290. The number of methoxy groups -OCH3 is 1. The topological polar surface area (TPSA) is 49.7 Å². The molecule has 3 nitrogen and oxygen atoms in total. The van der Waals surface area contributed by atoms with Crippen molar-refractivity contribution in [1.29, 1.82) is 0 Å². The first-order chi connectivity index (χ1) is 16.8. The van der Waals surface area contributed by atoms with Crippen LogP contribution in [0.3, 0.4) is 0 Å². The normalized spacial score (nSPS) is 51.3. The van der Waals surface area contributed by atoms with Gasteiger partial charge in [-0.1, -0.05) is 20.3 Å². The second-order valence-electron chi connectivity index (χ2n) is 14.3. The molecule has 0 spiro atoms. The van der Waals surface area contributed by atoms with Gasteiger partial charge >= 0.3 is 6.18 Å². The van der Waals surface area contributed by atoms with Crippen LogP contribution in [0.15, 0.2) is 0 Å². The van der Waals surface area contributed by atoms with Crippen LogP contribution in [0, 0.1) is 40.4 Å². The molecule has 0 saturated heterocycles. The Morgan fingerprint density at radius 1 is 0.806 bits per heavy atom. The highest BCUT2D eigenvalue weighted by atomic mass is 19.4. The van der Waals surface area contributed by atoms with Crippen LogP contribution in [-0.4, -0.2) is 40.8 Å². The molecule has 0 aromatic carbocycles. The summed E-state index contributed by atoms with van der Waals surface area (Å²) in [7, 11) is 1.77. The van der Waals surface area contributed by atoms with E-state index >= 15 is 0 Å². The van der Waals surface area contributed by atoms with E-state index in [0.29, 0.717) is 41.6 Å². The lowest BCUT2D eigenvalue weighted by Gasteiger charge is -2.62. The van der Waals surface area contributed by atoms with Crippen molar-refractivity contribution in [3.8, 4) is 0 Å². The van der Waals surface area contributed by atoms with Crippen molar-refractivity contribution in [3.05, 3.63) is 0 Å². The summed E-state index contributed by atoms with van der Waals surface area (Å²) in [6.45, 7) is 4.78. The number of hydrogen-bond acceptors (Lipinski definition) is 3. The van der Waals surface area contributed by atoms with Crippen molar-refractivity contribution >= 4 is 0 Å². The lowest BCUT2D eigenvalue weighted by atomic mass is 9.43. The Hall–Kier alpha value is -0.330. The van der Waals surface area contributed by atoms with Gasteiger partial charge in [0.05, 0.1) is 11.7 Å². The number of fused-ring (bicyclic) bond motifs is 5. The first-order valence-electron chi connectivity index (χ1n) is 14.9. The number of alkyl halides is 3. The summed E-state index contributed by atoms with van der Waals surface area (Å²) in [5.74, 6) is 2.50. The molecular weight excluding hydrogens is 465 g/mol. The van der Waals surface area contributed by atoms with Crippen molar-refractivity contribution in [2.45, 2.75) is 140 Å². The molecule has 0 bridgehead atoms. The summed E-state index contributed by atoms with van der Waals surface area (Å²) in [5.41, 5.74) is -2.73. The fourth-order valence-electron chi connectivity index (χ4n) is 10.4. The molecule has 6 heteroatoms. The second-order valence-corrected chi connectivity index (χ2v) is 14.3. The molecule has 0 radical (unpaired) electrons. The molecular formula is C30H49F3O3. The van der Waals surface area contributed by atoms with E-state index < -0.39 is 17.4 Å². The summed E-state index contributed by atoms with van der Waals surface area (Å²) >= 11 is 0. The molecule has 0 aromatic rings. The Kier molecular flexibility index (Phi) is 7.11. The van der Waals surface area contributed by atoms with Gasteiger partial charge in [0, 0.05) is 7.11 Å². The summed E-state index contributed by atoms with van der Waals surface area (Å²) in [4.78, 5) is 0. The van der Waals surface area contributed by atoms with Crippen LogP contribution in [0.1, 0.15) is 117 Å². The first-order valence-corrected chi connectivity index (χ1v) is 14.9. The summed E-state index contributed by atoms with van der Waals surface area (Å²) in [5, 5.41) is 21.5. The highest BCUT2D eigenvalue weighted by Crippen LogP contribution is 2.69. The summed E-state index contributed by atoms with van der Waals surface area (Å²) in [6, 6.07) is 0. The third-order valence-electron chi connectivity index (χ3n) is 12.8. The van der Waals surface area contributed by atoms with Gasteiger partial charge in [0.1, 0.15) is 0 Å². The largest absolute Gasteiger partial charge is 0.417 e. The van der Waals surface area contributed by atoms with Crippen LogP contribution >= 0.6 is 0 Å². The molecule has 0 aliphatic heterocycles. The van der Waals surface area contributed by atoms with Crippen molar-refractivity contribution in [2.75, 3.05) is 7.11 Å². The highest BCUT2D eigenvalue weighted by molar-refractivity contribution is 5.11. The van der Waals surface area contributed by atoms with Gasteiger partial charge < -0.3 is 14.9 Å². The lowest BCUT2D eigenvalue weighted by Crippen LogP contribution is -2.59. The zero-order valence-corrected chi connectivity index (χ0v) is 22.7. The van der Waals surface area contributed by atoms with Crippen molar-refractivity contribution in [3.63, 3.8) is 0 Å². The minimum absolute atomic E-state index is 0.0189. The number of rotatable bonds is 5. The van der Waals surface area contributed by atoms with Crippen LogP contribution in [0.4, 0.5) is 13.2 Å². The third-order valence-corrected chi connectivity index (χ3v) is 12.8. The zero-order valence-electron chi connectivity index (χ0n) is 22.7. The molecule has 2 N–H and O–H groups in total. The molecule has 5 rings (SSSR count). The molecule has 36 heavy (non-hydrogen) atoms. The van der Waals surface area contributed by atoms with Gasteiger partial charge in [-0.2, -0.15) is 13.2 Å². The van der Waals surface area contributed by atoms with Crippen LogP contribution in [0.5, 0.6) is 0 Å². The highest BCUT2D eigenvalue weighted by Gasteiger charge is 2.64. The Labute approximate surface area is 215 Å². The molecule has 5 aliphatic carbocycles. The molecule has 0 amide bonds. The van der Waals surface area contributed by atoms with E-state index in [4.69, 9.17) is 4.74 Å². The van der Waals surface area contributed by atoms with E-state index in [-0.39, 0.29) is 24.2 Å². The SMILES string of the molecule is COC1CCC(O)(CCC[C@@H]2CC[C@H]3[C@@H]4CC[C@H]5C[C@](O)(C(F)(F)F)CC[C@]5(C)[C@H]4CC[C@]23C)CC1. The molecule has 8 atom stereocenters. The molecule has 0 heterocycles.